The van der Waals surface area contributed by atoms with Gasteiger partial charge in [-0.1, -0.05) is 12.1 Å². The lowest BCUT2D eigenvalue weighted by Crippen LogP contribution is -2.09. The molecular weight excluding hydrogens is 389 g/mol. The molecule has 0 aliphatic heterocycles. The van der Waals surface area contributed by atoms with Gasteiger partial charge < -0.3 is 14.5 Å². The number of halogens is 1. The summed E-state index contributed by atoms with van der Waals surface area (Å²) < 4.78 is 49.9. The fourth-order valence-electron chi connectivity index (χ4n) is 2.43. The average Bonchev–Trinajstić information content (AvgIpc) is 2.58. The van der Waals surface area contributed by atoms with Crippen LogP contribution in [0.4, 0.5) is 4.39 Å². The first-order valence-electron chi connectivity index (χ1n) is 8.17. The van der Waals surface area contributed by atoms with Crippen LogP contribution in [-0.4, -0.2) is 26.3 Å². The van der Waals surface area contributed by atoms with E-state index in [9.17, 15) is 17.6 Å². The molecule has 0 atom stereocenters. The molecule has 0 fully saturated rings. The van der Waals surface area contributed by atoms with Gasteiger partial charge in [-0.05, 0) is 42.4 Å². The van der Waals surface area contributed by atoms with Crippen molar-refractivity contribution in [1.82, 2.24) is 5.32 Å². The number of ether oxygens (including phenoxy) is 1. The van der Waals surface area contributed by atoms with E-state index in [0.29, 0.717) is 24.1 Å². The molecule has 1 aromatic heterocycles. The van der Waals surface area contributed by atoms with Crippen molar-refractivity contribution in [2.24, 2.45) is 0 Å². The third kappa shape index (κ3) is 7.10. The summed E-state index contributed by atoms with van der Waals surface area (Å²) >= 11 is 0. The zero-order valence-corrected chi connectivity index (χ0v) is 16.1. The first kappa shape index (κ1) is 21.5. The van der Waals surface area contributed by atoms with Crippen molar-refractivity contribution >= 4 is 21.1 Å². The summed E-state index contributed by atoms with van der Waals surface area (Å²) in [7, 11) is -1.85. The maximum Gasteiger partial charge on any atom is 0.336 e. The number of nitrogens with one attached hydrogen (secondary N) is 1. The molecule has 2 aromatic carbocycles. The number of hydrogen-bond donors (Lipinski definition) is 2. The lowest BCUT2D eigenvalue weighted by molar-refractivity contribution is 0.305. The molecular formula is C19H20FNO6S. The molecule has 0 aliphatic carbocycles. The predicted octanol–water partition coefficient (Wildman–Crippen LogP) is 2.73. The van der Waals surface area contributed by atoms with Crippen LogP contribution in [0.2, 0.25) is 0 Å². The first-order valence-corrected chi connectivity index (χ1v) is 10.0. The van der Waals surface area contributed by atoms with E-state index in [2.05, 4.69) is 5.32 Å². The highest BCUT2D eigenvalue weighted by Gasteiger charge is 2.07. The fourth-order valence-corrected chi connectivity index (χ4v) is 2.43. The SMILES string of the molecule is CNCc1cc(=O)oc2cc(OCc3cccc(F)c3)ccc12.CS(=O)(=O)O. The molecule has 0 saturated heterocycles. The number of hydrogen-bond acceptors (Lipinski definition) is 6. The molecule has 1 heterocycles. The highest BCUT2D eigenvalue weighted by molar-refractivity contribution is 7.85. The molecule has 7 nitrogen and oxygen atoms in total. The summed E-state index contributed by atoms with van der Waals surface area (Å²) in [6, 6.07) is 13.0. The monoisotopic (exact) mass is 409 g/mol. The Bertz CT molecular complexity index is 1100. The molecule has 0 radical (unpaired) electrons. The van der Waals surface area contributed by atoms with Crippen molar-refractivity contribution in [3.05, 3.63) is 75.9 Å². The van der Waals surface area contributed by atoms with E-state index < -0.39 is 15.7 Å². The van der Waals surface area contributed by atoms with Crippen LogP contribution < -0.4 is 15.7 Å². The Morgan fingerprint density at radius 3 is 2.54 bits per heavy atom. The highest BCUT2D eigenvalue weighted by atomic mass is 32.2. The largest absolute Gasteiger partial charge is 0.489 e. The Hall–Kier alpha value is -2.75. The van der Waals surface area contributed by atoms with Gasteiger partial charge in [0.2, 0.25) is 0 Å². The van der Waals surface area contributed by atoms with Gasteiger partial charge in [-0.15, -0.1) is 0 Å². The van der Waals surface area contributed by atoms with Gasteiger partial charge in [-0.25, -0.2) is 9.18 Å². The van der Waals surface area contributed by atoms with Gasteiger partial charge in [-0.3, -0.25) is 4.55 Å². The van der Waals surface area contributed by atoms with Crippen molar-refractivity contribution in [1.29, 1.82) is 0 Å². The molecule has 0 amide bonds. The van der Waals surface area contributed by atoms with E-state index in [-0.39, 0.29) is 12.4 Å². The fraction of sp³-hybridized carbons (Fsp3) is 0.211. The minimum atomic E-state index is -3.67. The van der Waals surface area contributed by atoms with Gasteiger partial charge in [0.25, 0.3) is 10.1 Å². The van der Waals surface area contributed by atoms with Gasteiger partial charge in [0.1, 0.15) is 23.8 Å². The van der Waals surface area contributed by atoms with E-state index in [1.165, 1.54) is 18.2 Å². The Labute approximate surface area is 161 Å². The molecule has 0 spiro atoms. The second-order valence-electron chi connectivity index (χ2n) is 5.93. The van der Waals surface area contributed by atoms with Crippen LogP contribution in [-0.2, 0) is 23.3 Å². The maximum atomic E-state index is 13.2. The van der Waals surface area contributed by atoms with E-state index in [4.69, 9.17) is 13.7 Å². The van der Waals surface area contributed by atoms with E-state index in [1.54, 1.807) is 24.3 Å². The van der Waals surface area contributed by atoms with Crippen LogP contribution in [0.1, 0.15) is 11.1 Å². The second-order valence-corrected chi connectivity index (χ2v) is 7.40. The Morgan fingerprint density at radius 2 is 1.89 bits per heavy atom. The average molecular weight is 409 g/mol. The lowest BCUT2D eigenvalue weighted by atomic mass is 10.1. The first-order chi connectivity index (χ1) is 13.2. The van der Waals surface area contributed by atoms with Crippen LogP contribution in [0.3, 0.4) is 0 Å². The zero-order chi connectivity index (χ0) is 20.7. The van der Waals surface area contributed by atoms with Crippen molar-refractivity contribution in [3.8, 4) is 5.75 Å². The van der Waals surface area contributed by atoms with Crippen LogP contribution >= 0.6 is 0 Å². The minimum absolute atomic E-state index is 0.240. The summed E-state index contributed by atoms with van der Waals surface area (Å²) in [5, 5.41) is 3.88. The smallest absolute Gasteiger partial charge is 0.336 e. The molecule has 0 saturated carbocycles. The molecule has 28 heavy (non-hydrogen) atoms. The van der Waals surface area contributed by atoms with E-state index in [1.807, 2.05) is 13.1 Å². The third-order valence-electron chi connectivity index (χ3n) is 3.46. The van der Waals surface area contributed by atoms with Crippen molar-refractivity contribution < 1.29 is 26.5 Å². The van der Waals surface area contributed by atoms with Crippen LogP contribution in [0.15, 0.2) is 57.7 Å². The number of benzene rings is 2. The standard InChI is InChI=1S/C18H16FNO3.CH4O3S/c1-20-10-13-8-18(21)23-17-9-15(5-6-16(13)17)22-11-12-3-2-4-14(19)7-12;1-5(2,3)4/h2-9,20H,10-11H2,1H3;1H3,(H,2,3,4). The molecule has 0 bridgehead atoms. The number of fused-ring (bicyclic) bond motifs is 1. The summed E-state index contributed by atoms with van der Waals surface area (Å²) in [5.41, 5.74) is 1.68. The van der Waals surface area contributed by atoms with Gasteiger partial charge in [0.15, 0.2) is 0 Å². The Kier molecular flexibility index (Phi) is 7.27. The summed E-state index contributed by atoms with van der Waals surface area (Å²) in [5.74, 6) is 0.263. The van der Waals surface area contributed by atoms with Crippen molar-refractivity contribution in [3.63, 3.8) is 0 Å². The minimum Gasteiger partial charge on any atom is -0.489 e. The van der Waals surface area contributed by atoms with Gasteiger partial charge in [-0.2, -0.15) is 8.42 Å². The molecule has 2 N–H and O–H groups in total. The third-order valence-corrected chi connectivity index (χ3v) is 3.46. The van der Waals surface area contributed by atoms with Crippen molar-refractivity contribution in [2.75, 3.05) is 13.3 Å². The Balaban J connectivity index is 0.000000500. The highest BCUT2D eigenvalue weighted by Crippen LogP contribution is 2.23. The van der Waals surface area contributed by atoms with Gasteiger partial charge in [0.05, 0.1) is 6.26 Å². The van der Waals surface area contributed by atoms with Gasteiger partial charge in [0, 0.05) is 24.1 Å². The predicted molar refractivity (Wildman–Crippen MR) is 103 cm³/mol. The van der Waals surface area contributed by atoms with E-state index in [0.717, 1.165) is 16.5 Å². The van der Waals surface area contributed by atoms with Crippen LogP contribution in [0, 0.1) is 5.82 Å². The topological polar surface area (TPSA) is 106 Å². The lowest BCUT2D eigenvalue weighted by Gasteiger charge is -2.09. The molecule has 3 aromatic rings. The normalized spacial score (nSPS) is 11.0. The molecule has 150 valence electrons. The molecule has 9 heteroatoms. The summed E-state index contributed by atoms with van der Waals surface area (Å²) in [6.07, 6.45) is 0.715. The Morgan fingerprint density at radius 1 is 1.18 bits per heavy atom. The quantitative estimate of drug-likeness (QED) is 0.493. The molecule has 0 aliphatic rings. The van der Waals surface area contributed by atoms with E-state index >= 15 is 0 Å². The number of rotatable bonds is 5. The maximum absolute atomic E-state index is 13.2. The molecule has 3 rings (SSSR count). The van der Waals surface area contributed by atoms with Crippen LogP contribution in [0.25, 0.3) is 11.0 Å². The summed E-state index contributed by atoms with van der Waals surface area (Å²) in [4.78, 5) is 11.6. The van der Waals surface area contributed by atoms with Crippen molar-refractivity contribution in [2.45, 2.75) is 13.2 Å². The summed E-state index contributed by atoms with van der Waals surface area (Å²) in [6.45, 7) is 0.815. The zero-order valence-electron chi connectivity index (χ0n) is 15.3. The van der Waals surface area contributed by atoms with Gasteiger partial charge >= 0.3 is 5.63 Å². The van der Waals surface area contributed by atoms with Crippen LogP contribution in [0.5, 0.6) is 5.75 Å². The molecule has 0 unspecified atom stereocenters. The second kappa shape index (κ2) is 9.45.